The fourth-order valence-electron chi connectivity index (χ4n) is 3.45. The minimum absolute atomic E-state index is 0.125. The Morgan fingerprint density at radius 1 is 1.53 bits per heavy atom. The van der Waals surface area contributed by atoms with E-state index in [-0.39, 0.29) is 5.92 Å². The number of nitrogens with zero attached hydrogens (tertiary/aromatic N) is 1. The van der Waals surface area contributed by atoms with E-state index in [1.807, 2.05) is 13.1 Å². The maximum Gasteiger partial charge on any atom is 0.391 e. The number of rotatable bonds is 3. The van der Waals surface area contributed by atoms with Gasteiger partial charge in [0.25, 0.3) is 0 Å². The van der Waals surface area contributed by atoms with Gasteiger partial charge in [-0.3, -0.25) is 0 Å². The van der Waals surface area contributed by atoms with Crippen LogP contribution >= 0.6 is 20.2 Å². The topological polar surface area (TPSA) is 52.9 Å². The Labute approximate surface area is 119 Å². The van der Waals surface area contributed by atoms with Gasteiger partial charge in [-0.05, 0) is 17.9 Å². The standard InChI is InChI=1S/C13H17ClNO3P/c1-15-7-8(6-14)13-10-4-2-3-9(10)12(5-11(13)15)18-19(16)17/h2-3,5,8-10,16-17H,4,6-7H2,1H3. The third-order valence-electron chi connectivity index (χ3n) is 4.19. The van der Waals surface area contributed by atoms with Crippen LogP contribution in [0.25, 0.3) is 0 Å². The van der Waals surface area contributed by atoms with E-state index in [1.54, 1.807) is 0 Å². The molecule has 0 spiro atoms. The monoisotopic (exact) mass is 301 g/mol. The Kier molecular flexibility index (Phi) is 3.61. The molecule has 0 saturated heterocycles. The quantitative estimate of drug-likeness (QED) is 0.477. The highest BCUT2D eigenvalue weighted by Gasteiger charge is 2.42. The van der Waals surface area contributed by atoms with Crippen molar-refractivity contribution in [2.45, 2.75) is 6.42 Å². The van der Waals surface area contributed by atoms with Gasteiger partial charge in [-0.1, -0.05) is 12.2 Å². The number of halogens is 1. The second-order valence-electron chi connectivity index (χ2n) is 5.26. The van der Waals surface area contributed by atoms with E-state index in [4.69, 9.17) is 25.9 Å². The normalized spacial score (nSPS) is 32.8. The fourth-order valence-corrected chi connectivity index (χ4v) is 4.08. The number of allylic oxidation sites excluding steroid dienone is 3. The molecule has 0 aromatic carbocycles. The largest absolute Gasteiger partial charge is 0.431 e. The number of hydrogen-bond acceptors (Lipinski definition) is 4. The lowest BCUT2D eigenvalue weighted by atomic mass is 9.78. The van der Waals surface area contributed by atoms with Gasteiger partial charge in [0.05, 0.1) is 0 Å². The van der Waals surface area contributed by atoms with E-state index in [0.717, 1.165) is 18.7 Å². The molecular weight excluding hydrogens is 285 g/mol. The van der Waals surface area contributed by atoms with Crippen LogP contribution in [0.15, 0.2) is 35.3 Å². The Bertz CT molecular complexity index is 475. The van der Waals surface area contributed by atoms with E-state index in [2.05, 4.69) is 17.1 Å². The second kappa shape index (κ2) is 5.10. The first-order valence-corrected chi connectivity index (χ1v) is 8.07. The van der Waals surface area contributed by atoms with Crippen molar-refractivity contribution in [3.8, 4) is 0 Å². The molecule has 19 heavy (non-hydrogen) atoms. The molecule has 3 rings (SSSR count). The van der Waals surface area contributed by atoms with Crippen LogP contribution in [0.1, 0.15) is 6.42 Å². The molecule has 2 aliphatic carbocycles. The summed E-state index contributed by atoms with van der Waals surface area (Å²) in [5, 5.41) is 0. The summed E-state index contributed by atoms with van der Waals surface area (Å²) in [6, 6.07) is 0. The highest BCUT2D eigenvalue weighted by atomic mass is 35.5. The average Bonchev–Trinajstić information content (AvgIpc) is 2.94. The van der Waals surface area contributed by atoms with Crippen molar-refractivity contribution in [2.75, 3.05) is 19.5 Å². The van der Waals surface area contributed by atoms with Gasteiger partial charge in [-0.15, -0.1) is 11.6 Å². The minimum atomic E-state index is -2.36. The number of fused-ring (bicyclic) bond motifs is 2. The maximum absolute atomic E-state index is 9.11. The number of likely N-dealkylation sites (N-methyl/N-ethyl adjacent to an activating group) is 1. The number of alkyl halides is 1. The third kappa shape index (κ3) is 2.21. The van der Waals surface area contributed by atoms with Crippen LogP contribution < -0.4 is 0 Å². The molecule has 0 saturated carbocycles. The summed E-state index contributed by atoms with van der Waals surface area (Å²) < 4.78 is 5.22. The number of hydrogen-bond donors (Lipinski definition) is 2. The molecule has 4 nitrogen and oxygen atoms in total. The molecule has 3 atom stereocenters. The lowest BCUT2D eigenvalue weighted by Crippen LogP contribution is -2.22. The molecular formula is C13H17ClNO3P. The molecule has 0 radical (unpaired) electrons. The molecule has 104 valence electrons. The summed E-state index contributed by atoms with van der Waals surface area (Å²) in [6.07, 6.45) is 7.16. The Morgan fingerprint density at radius 3 is 3.00 bits per heavy atom. The van der Waals surface area contributed by atoms with E-state index in [1.165, 1.54) is 5.57 Å². The summed E-state index contributed by atoms with van der Waals surface area (Å²) >= 11 is 6.09. The summed E-state index contributed by atoms with van der Waals surface area (Å²) in [6.45, 7) is 0.925. The molecule has 6 heteroatoms. The zero-order valence-electron chi connectivity index (χ0n) is 10.7. The summed E-state index contributed by atoms with van der Waals surface area (Å²) in [5.74, 6) is 2.16. The lowest BCUT2D eigenvalue weighted by Gasteiger charge is -2.30. The van der Waals surface area contributed by atoms with Crippen LogP contribution in [0.5, 0.6) is 0 Å². The van der Waals surface area contributed by atoms with Gasteiger partial charge < -0.3 is 19.2 Å². The average molecular weight is 302 g/mol. The van der Waals surface area contributed by atoms with Crippen molar-refractivity contribution in [3.05, 3.63) is 35.3 Å². The summed E-state index contributed by atoms with van der Waals surface area (Å²) in [5.41, 5.74) is 2.54. The fraction of sp³-hybridized carbons (Fsp3) is 0.538. The molecule has 0 amide bonds. The zero-order valence-corrected chi connectivity index (χ0v) is 12.3. The van der Waals surface area contributed by atoms with Crippen molar-refractivity contribution in [1.82, 2.24) is 4.90 Å². The molecule has 0 bridgehead atoms. The van der Waals surface area contributed by atoms with Crippen molar-refractivity contribution >= 4 is 20.2 Å². The molecule has 1 heterocycles. The van der Waals surface area contributed by atoms with Crippen LogP contribution in [-0.4, -0.2) is 34.2 Å². The predicted molar refractivity (Wildman–Crippen MR) is 75.1 cm³/mol. The van der Waals surface area contributed by atoms with Crippen LogP contribution in [-0.2, 0) is 4.52 Å². The van der Waals surface area contributed by atoms with Gasteiger partial charge in [-0.2, -0.15) is 0 Å². The maximum atomic E-state index is 9.11. The molecule has 2 N–H and O–H groups in total. The summed E-state index contributed by atoms with van der Waals surface area (Å²) in [4.78, 5) is 20.4. The van der Waals surface area contributed by atoms with Gasteiger partial charge in [-0.25, -0.2) is 0 Å². The first kappa shape index (κ1) is 13.4. The zero-order chi connectivity index (χ0) is 13.6. The van der Waals surface area contributed by atoms with Gasteiger partial charge in [0.1, 0.15) is 5.76 Å². The van der Waals surface area contributed by atoms with Crippen LogP contribution in [0, 0.1) is 17.8 Å². The first-order chi connectivity index (χ1) is 9.11. The Morgan fingerprint density at radius 2 is 2.32 bits per heavy atom. The minimum Gasteiger partial charge on any atom is -0.431 e. The first-order valence-electron chi connectivity index (χ1n) is 6.37. The highest BCUT2D eigenvalue weighted by Crippen LogP contribution is 2.50. The molecule has 0 aromatic heterocycles. The molecule has 0 fully saturated rings. The van der Waals surface area contributed by atoms with E-state index in [9.17, 15) is 0 Å². The van der Waals surface area contributed by atoms with Crippen LogP contribution in [0.4, 0.5) is 0 Å². The van der Waals surface area contributed by atoms with E-state index in [0.29, 0.717) is 23.5 Å². The molecule has 0 aromatic rings. The van der Waals surface area contributed by atoms with E-state index >= 15 is 0 Å². The highest BCUT2D eigenvalue weighted by molar-refractivity contribution is 7.39. The lowest BCUT2D eigenvalue weighted by molar-refractivity contribution is 0.275. The van der Waals surface area contributed by atoms with Crippen molar-refractivity contribution in [2.24, 2.45) is 17.8 Å². The van der Waals surface area contributed by atoms with Crippen molar-refractivity contribution < 1.29 is 14.3 Å². The van der Waals surface area contributed by atoms with Gasteiger partial charge in [0.2, 0.25) is 0 Å². The molecule has 3 unspecified atom stereocenters. The van der Waals surface area contributed by atoms with Crippen molar-refractivity contribution in [3.63, 3.8) is 0 Å². The Hall–Kier alpha value is -0.540. The van der Waals surface area contributed by atoms with Gasteiger partial charge in [0.15, 0.2) is 0 Å². The Balaban J connectivity index is 1.99. The smallest absolute Gasteiger partial charge is 0.391 e. The second-order valence-corrected chi connectivity index (χ2v) is 6.26. The molecule has 3 aliphatic rings. The third-order valence-corrected chi connectivity index (χ3v) is 4.93. The van der Waals surface area contributed by atoms with E-state index < -0.39 is 8.60 Å². The van der Waals surface area contributed by atoms with Crippen molar-refractivity contribution in [1.29, 1.82) is 0 Å². The predicted octanol–water partition coefficient (Wildman–Crippen LogP) is 2.36. The summed E-state index contributed by atoms with van der Waals surface area (Å²) in [7, 11) is -0.322. The van der Waals surface area contributed by atoms with Crippen LogP contribution in [0.2, 0.25) is 0 Å². The SMILES string of the molecule is CN1CC(CCl)C2=C1C=C(OP(O)O)C1C=CCC21. The van der Waals surface area contributed by atoms with Gasteiger partial charge in [0, 0.05) is 43.1 Å². The van der Waals surface area contributed by atoms with Crippen LogP contribution in [0.3, 0.4) is 0 Å². The van der Waals surface area contributed by atoms with Gasteiger partial charge >= 0.3 is 8.60 Å². The molecule has 1 aliphatic heterocycles.